The molecule has 2 aromatic rings. The minimum atomic E-state index is -0.484. The zero-order valence-electron chi connectivity index (χ0n) is 9.88. The molecule has 3 nitrogen and oxygen atoms in total. The molecule has 3 rings (SSSR count). The topological polar surface area (TPSA) is 37.4 Å². The van der Waals surface area contributed by atoms with Gasteiger partial charge in [-0.25, -0.2) is 0 Å². The van der Waals surface area contributed by atoms with Crippen molar-refractivity contribution in [3.05, 3.63) is 59.7 Å². The van der Waals surface area contributed by atoms with Gasteiger partial charge in [-0.15, -0.1) is 0 Å². The number of nitrogens with zero attached hydrogens (tertiary/aromatic N) is 1. The van der Waals surface area contributed by atoms with Gasteiger partial charge in [0, 0.05) is 5.69 Å². The number of rotatable bonds is 1. The van der Waals surface area contributed by atoms with Crippen molar-refractivity contribution < 1.29 is 9.59 Å². The van der Waals surface area contributed by atoms with Crippen molar-refractivity contribution in [3.8, 4) is 0 Å². The molecule has 0 saturated carbocycles. The number of Topliss-reactive ketones (excluding diaryl/α,β-unsaturated/α-hetero) is 1. The number of ketones is 1. The number of amides is 1. The summed E-state index contributed by atoms with van der Waals surface area (Å²) in [5, 5.41) is 0. The summed E-state index contributed by atoms with van der Waals surface area (Å²) in [6.07, 6.45) is 0. The second-order valence-corrected chi connectivity index (χ2v) is 4.33. The van der Waals surface area contributed by atoms with E-state index in [1.165, 1.54) is 4.90 Å². The number of carbonyl (C=O) groups is 2. The maximum absolute atomic E-state index is 12.1. The predicted molar refractivity (Wildman–Crippen MR) is 69.1 cm³/mol. The van der Waals surface area contributed by atoms with E-state index in [-0.39, 0.29) is 0 Å². The number of aryl methyl sites for hydroxylation is 1. The average molecular weight is 237 g/mol. The smallest absolute Gasteiger partial charge is 0.283 e. The monoisotopic (exact) mass is 237 g/mol. The van der Waals surface area contributed by atoms with Crippen LogP contribution in [0.5, 0.6) is 0 Å². The van der Waals surface area contributed by atoms with Crippen LogP contribution in [-0.2, 0) is 4.79 Å². The molecule has 0 atom stereocenters. The number of carbonyl (C=O) groups excluding carboxylic acids is 2. The number of benzene rings is 2. The largest absolute Gasteiger partial charge is 0.304 e. The molecule has 0 saturated heterocycles. The summed E-state index contributed by atoms with van der Waals surface area (Å²) in [7, 11) is 0. The minimum absolute atomic E-state index is 0.436. The van der Waals surface area contributed by atoms with Crippen LogP contribution in [-0.4, -0.2) is 11.7 Å². The highest BCUT2D eigenvalue weighted by atomic mass is 16.2. The van der Waals surface area contributed by atoms with E-state index in [0.29, 0.717) is 11.3 Å². The molecule has 1 aliphatic rings. The van der Waals surface area contributed by atoms with Crippen LogP contribution in [0.1, 0.15) is 15.9 Å². The van der Waals surface area contributed by atoms with E-state index in [9.17, 15) is 9.59 Å². The zero-order chi connectivity index (χ0) is 12.7. The molecule has 0 aliphatic carbocycles. The number of anilines is 2. The Morgan fingerprint density at radius 2 is 1.67 bits per heavy atom. The van der Waals surface area contributed by atoms with Gasteiger partial charge in [0.25, 0.3) is 5.78 Å². The van der Waals surface area contributed by atoms with Gasteiger partial charge < -0.3 is 0 Å². The van der Waals surface area contributed by atoms with E-state index >= 15 is 0 Å². The molecular weight excluding hydrogens is 226 g/mol. The molecule has 1 heterocycles. The first-order valence-corrected chi connectivity index (χ1v) is 5.73. The first-order chi connectivity index (χ1) is 8.68. The molecule has 88 valence electrons. The zero-order valence-corrected chi connectivity index (χ0v) is 9.88. The van der Waals surface area contributed by atoms with Gasteiger partial charge in [-0.05, 0) is 36.8 Å². The minimum Gasteiger partial charge on any atom is -0.283 e. The summed E-state index contributed by atoms with van der Waals surface area (Å²) in [5.74, 6) is -0.921. The number of fused-ring (bicyclic) bond motifs is 1. The molecule has 18 heavy (non-hydrogen) atoms. The highest BCUT2D eigenvalue weighted by Crippen LogP contribution is 2.35. The summed E-state index contributed by atoms with van der Waals surface area (Å²) in [4.78, 5) is 25.4. The summed E-state index contributed by atoms with van der Waals surface area (Å²) in [6.45, 7) is 1.94. The molecule has 0 radical (unpaired) electrons. The Morgan fingerprint density at radius 3 is 2.39 bits per heavy atom. The third kappa shape index (κ3) is 1.44. The highest BCUT2D eigenvalue weighted by Gasteiger charge is 2.36. The molecule has 1 amide bonds. The van der Waals surface area contributed by atoms with Crippen LogP contribution >= 0.6 is 0 Å². The standard InChI is InChI=1S/C15H11NO2/c1-10-7-8-12-13(9-10)16(15(18)14(12)17)11-5-3-2-4-6-11/h2-9H,1H3. The Hall–Kier alpha value is -2.42. The fourth-order valence-electron chi connectivity index (χ4n) is 2.18. The van der Waals surface area contributed by atoms with Gasteiger partial charge in [-0.3, -0.25) is 14.5 Å². The molecule has 0 bridgehead atoms. The van der Waals surface area contributed by atoms with Crippen molar-refractivity contribution in [2.45, 2.75) is 6.92 Å². The molecule has 0 spiro atoms. The first kappa shape index (κ1) is 10.7. The van der Waals surface area contributed by atoms with E-state index in [4.69, 9.17) is 0 Å². The lowest BCUT2D eigenvalue weighted by Gasteiger charge is -2.16. The van der Waals surface area contributed by atoms with Gasteiger partial charge >= 0.3 is 5.91 Å². The summed E-state index contributed by atoms with van der Waals surface area (Å²) < 4.78 is 0. The molecule has 0 N–H and O–H groups in total. The van der Waals surface area contributed by atoms with Gasteiger partial charge in [0.2, 0.25) is 0 Å². The van der Waals surface area contributed by atoms with Crippen molar-refractivity contribution >= 4 is 23.1 Å². The number of hydrogen-bond acceptors (Lipinski definition) is 2. The Labute approximate surface area is 105 Å². The van der Waals surface area contributed by atoms with Gasteiger partial charge in [0.15, 0.2) is 0 Å². The fourth-order valence-corrected chi connectivity index (χ4v) is 2.18. The Morgan fingerprint density at radius 1 is 0.944 bits per heavy atom. The van der Waals surface area contributed by atoms with E-state index < -0.39 is 11.7 Å². The van der Waals surface area contributed by atoms with Crippen molar-refractivity contribution in [1.82, 2.24) is 0 Å². The van der Waals surface area contributed by atoms with Crippen molar-refractivity contribution in [2.24, 2.45) is 0 Å². The average Bonchev–Trinajstić information content (AvgIpc) is 2.63. The molecule has 1 aliphatic heterocycles. The van der Waals surface area contributed by atoms with Gasteiger partial charge in [-0.2, -0.15) is 0 Å². The predicted octanol–water partition coefficient (Wildman–Crippen LogP) is 2.86. The third-order valence-electron chi connectivity index (χ3n) is 3.05. The van der Waals surface area contributed by atoms with Crippen LogP contribution in [0.4, 0.5) is 11.4 Å². The summed E-state index contributed by atoms with van der Waals surface area (Å²) in [6, 6.07) is 14.6. The summed E-state index contributed by atoms with van der Waals surface area (Å²) in [5.41, 5.74) is 2.91. The van der Waals surface area contributed by atoms with E-state index in [1.807, 2.05) is 49.4 Å². The lowest BCUT2D eigenvalue weighted by atomic mass is 10.1. The Kier molecular flexibility index (Phi) is 2.27. The Bertz CT molecular complexity index is 647. The van der Waals surface area contributed by atoms with Crippen molar-refractivity contribution in [3.63, 3.8) is 0 Å². The van der Waals surface area contributed by atoms with Crippen LogP contribution in [0, 0.1) is 6.92 Å². The molecule has 0 fully saturated rings. The van der Waals surface area contributed by atoms with Gasteiger partial charge in [-0.1, -0.05) is 24.3 Å². The maximum atomic E-state index is 12.1. The van der Waals surface area contributed by atoms with E-state index in [2.05, 4.69) is 0 Å². The highest BCUT2D eigenvalue weighted by molar-refractivity contribution is 6.53. The molecular formula is C15H11NO2. The molecule has 0 aromatic heterocycles. The Balaban J connectivity index is 2.21. The first-order valence-electron chi connectivity index (χ1n) is 5.73. The number of hydrogen-bond donors (Lipinski definition) is 0. The lowest BCUT2D eigenvalue weighted by molar-refractivity contribution is -0.113. The van der Waals surface area contributed by atoms with Crippen LogP contribution < -0.4 is 4.90 Å². The van der Waals surface area contributed by atoms with E-state index in [0.717, 1.165) is 11.3 Å². The second kappa shape index (κ2) is 3.81. The normalized spacial score (nSPS) is 13.9. The van der Waals surface area contributed by atoms with E-state index in [1.54, 1.807) is 6.07 Å². The molecule has 0 unspecified atom stereocenters. The van der Waals surface area contributed by atoms with Crippen LogP contribution in [0.3, 0.4) is 0 Å². The maximum Gasteiger partial charge on any atom is 0.304 e. The van der Waals surface area contributed by atoms with Crippen LogP contribution in [0.15, 0.2) is 48.5 Å². The second-order valence-electron chi connectivity index (χ2n) is 4.33. The molecule has 3 heteroatoms. The summed E-state index contributed by atoms with van der Waals surface area (Å²) >= 11 is 0. The SMILES string of the molecule is Cc1ccc2c(c1)N(c1ccccc1)C(=O)C2=O. The van der Waals surface area contributed by atoms with Crippen LogP contribution in [0.25, 0.3) is 0 Å². The van der Waals surface area contributed by atoms with Gasteiger partial charge in [0.1, 0.15) is 0 Å². The lowest BCUT2D eigenvalue weighted by Crippen LogP contribution is -2.24. The number of para-hydroxylation sites is 1. The van der Waals surface area contributed by atoms with Crippen molar-refractivity contribution in [1.29, 1.82) is 0 Å². The van der Waals surface area contributed by atoms with Crippen molar-refractivity contribution in [2.75, 3.05) is 4.90 Å². The fraction of sp³-hybridized carbons (Fsp3) is 0.0667. The van der Waals surface area contributed by atoms with Gasteiger partial charge in [0.05, 0.1) is 11.3 Å². The quantitative estimate of drug-likeness (QED) is 0.715. The van der Waals surface area contributed by atoms with Crippen LogP contribution in [0.2, 0.25) is 0 Å². The molecule has 2 aromatic carbocycles. The third-order valence-corrected chi connectivity index (χ3v) is 3.05.